The van der Waals surface area contributed by atoms with Gasteiger partial charge >= 0.3 is 6.03 Å². The van der Waals surface area contributed by atoms with Gasteiger partial charge in [0.1, 0.15) is 0 Å². The van der Waals surface area contributed by atoms with Crippen LogP contribution in [-0.4, -0.2) is 46.5 Å². The predicted octanol–water partition coefficient (Wildman–Crippen LogP) is 5.12. The van der Waals surface area contributed by atoms with Crippen LogP contribution in [0.25, 0.3) is 10.2 Å². The number of urea groups is 1. The smallest absolute Gasteiger partial charge is 0.319 e. The van der Waals surface area contributed by atoms with E-state index >= 15 is 0 Å². The van der Waals surface area contributed by atoms with Crippen molar-refractivity contribution in [3.05, 3.63) is 101 Å². The Labute approximate surface area is 214 Å². The molecule has 3 aromatic carbocycles. The number of nitrogens with zero attached hydrogens (tertiary/aromatic N) is 3. The zero-order valence-corrected chi connectivity index (χ0v) is 20.8. The van der Waals surface area contributed by atoms with Gasteiger partial charge in [-0.3, -0.25) is 9.69 Å². The van der Waals surface area contributed by atoms with Gasteiger partial charge in [0.25, 0.3) is 5.91 Å². The summed E-state index contributed by atoms with van der Waals surface area (Å²) >= 11 is 1.78. The maximum Gasteiger partial charge on any atom is 0.326 e. The number of fused-ring (bicyclic) bond motifs is 1. The molecule has 182 valence electrons. The van der Waals surface area contributed by atoms with E-state index < -0.39 is 5.54 Å². The number of nitrogens with one attached hydrogen (secondary N) is 1. The van der Waals surface area contributed by atoms with Gasteiger partial charge in [-0.05, 0) is 36.1 Å². The van der Waals surface area contributed by atoms with Gasteiger partial charge < -0.3 is 5.32 Å². The van der Waals surface area contributed by atoms with E-state index in [1.807, 2.05) is 66.7 Å². The Morgan fingerprint density at radius 1 is 0.889 bits per heavy atom. The Bertz CT molecular complexity index is 1350. The lowest BCUT2D eigenvalue weighted by Gasteiger charge is -2.33. The van der Waals surface area contributed by atoms with Crippen molar-refractivity contribution in [1.29, 1.82) is 0 Å². The van der Waals surface area contributed by atoms with E-state index in [0.29, 0.717) is 19.0 Å². The summed E-state index contributed by atoms with van der Waals surface area (Å²) in [5.41, 5.74) is 1.78. The van der Waals surface area contributed by atoms with Crippen molar-refractivity contribution < 1.29 is 9.59 Å². The molecule has 1 atom stereocenters. The molecule has 36 heavy (non-hydrogen) atoms. The number of carbonyl (C=O) groups is 2. The number of rotatable bonds is 6. The second kappa shape index (κ2) is 9.48. The van der Waals surface area contributed by atoms with Gasteiger partial charge in [0.2, 0.25) is 0 Å². The molecule has 2 fully saturated rings. The normalized spacial score (nSPS) is 21.3. The summed E-state index contributed by atoms with van der Waals surface area (Å²) in [5.74, 6) is 0.235. The molecule has 3 heterocycles. The minimum atomic E-state index is -1.10. The lowest BCUT2D eigenvalue weighted by molar-refractivity contribution is -0.133. The molecule has 0 aliphatic carbocycles. The molecule has 2 aliphatic heterocycles. The van der Waals surface area contributed by atoms with Crippen LogP contribution in [0.15, 0.2) is 84.9 Å². The van der Waals surface area contributed by atoms with Crippen LogP contribution < -0.4 is 5.32 Å². The van der Waals surface area contributed by atoms with E-state index in [4.69, 9.17) is 4.98 Å². The molecule has 2 saturated heterocycles. The molecule has 7 heteroatoms. The highest BCUT2D eigenvalue weighted by atomic mass is 32.1. The summed E-state index contributed by atoms with van der Waals surface area (Å²) in [6.07, 6.45) is 2.35. The zero-order chi connectivity index (χ0) is 24.5. The summed E-state index contributed by atoms with van der Waals surface area (Å²) in [6.45, 7) is 1.96. The lowest BCUT2D eigenvalue weighted by atomic mass is 9.83. The van der Waals surface area contributed by atoms with Gasteiger partial charge in [-0.25, -0.2) is 14.7 Å². The minimum absolute atomic E-state index is 0.184. The van der Waals surface area contributed by atoms with Gasteiger partial charge in [-0.1, -0.05) is 72.8 Å². The minimum Gasteiger partial charge on any atom is -0.319 e. The highest BCUT2D eigenvalue weighted by Gasteiger charge is 2.52. The first-order valence-corrected chi connectivity index (χ1v) is 13.3. The van der Waals surface area contributed by atoms with Crippen LogP contribution in [-0.2, 0) is 16.8 Å². The second-order valence-electron chi connectivity index (χ2n) is 9.65. The molecule has 0 unspecified atom stereocenters. The van der Waals surface area contributed by atoms with E-state index in [-0.39, 0.29) is 11.9 Å². The van der Waals surface area contributed by atoms with Gasteiger partial charge in [0.05, 0.1) is 21.9 Å². The van der Waals surface area contributed by atoms with Crippen molar-refractivity contribution in [3.8, 4) is 0 Å². The van der Waals surface area contributed by atoms with Crippen LogP contribution >= 0.6 is 11.3 Å². The fraction of sp³-hybridized carbons (Fsp3) is 0.276. The van der Waals surface area contributed by atoms with Gasteiger partial charge in [0.15, 0.2) is 5.54 Å². The molecule has 0 saturated carbocycles. The number of thiazole rings is 1. The number of hydrogen-bond acceptors (Lipinski definition) is 5. The third-order valence-corrected chi connectivity index (χ3v) is 8.54. The van der Waals surface area contributed by atoms with E-state index in [9.17, 15) is 9.59 Å². The molecule has 4 aromatic rings. The Hall–Kier alpha value is -3.55. The molecular formula is C29H28N4O2S. The molecule has 2 aliphatic rings. The summed E-state index contributed by atoms with van der Waals surface area (Å²) < 4.78 is 1.23. The van der Waals surface area contributed by atoms with Crippen LogP contribution in [0.3, 0.4) is 0 Å². The average Bonchev–Trinajstić information content (AvgIpc) is 3.46. The number of aromatic nitrogens is 1. The second-order valence-corrected chi connectivity index (χ2v) is 10.7. The first-order valence-electron chi connectivity index (χ1n) is 12.4. The fourth-order valence-corrected chi connectivity index (χ4v) is 6.52. The topological polar surface area (TPSA) is 65.5 Å². The van der Waals surface area contributed by atoms with Crippen LogP contribution in [0, 0.1) is 0 Å². The first kappa shape index (κ1) is 22.9. The summed E-state index contributed by atoms with van der Waals surface area (Å²) in [5, 5.41) is 4.27. The lowest BCUT2D eigenvalue weighted by Crippen LogP contribution is -2.48. The van der Waals surface area contributed by atoms with Crippen molar-refractivity contribution in [3.63, 3.8) is 0 Å². The van der Waals surface area contributed by atoms with Gasteiger partial charge in [-0.15, -0.1) is 11.3 Å². The van der Waals surface area contributed by atoms with Crippen LogP contribution in [0.1, 0.15) is 34.9 Å². The molecule has 0 spiro atoms. The number of carbonyl (C=O) groups excluding carboxylic acids is 2. The molecule has 3 amide bonds. The molecular weight excluding hydrogens is 468 g/mol. The van der Waals surface area contributed by atoms with E-state index in [1.165, 1.54) is 14.6 Å². The standard InChI is InChI=1S/C29H28N4O2S/c34-27-29(23-11-5-2-6-12-23,19-21-9-3-1-4-10-21)31-28(35)33(27)20-32-17-15-22(16-18-32)26-30-24-13-7-8-14-25(24)36-26/h1-14,22H,15-20H2,(H,31,35)/t29-/m1/s1. The van der Waals surface area contributed by atoms with Crippen LogP contribution in [0.4, 0.5) is 4.79 Å². The summed E-state index contributed by atoms with van der Waals surface area (Å²) in [7, 11) is 0. The molecule has 0 radical (unpaired) electrons. The highest BCUT2D eigenvalue weighted by molar-refractivity contribution is 7.18. The van der Waals surface area contributed by atoms with Crippen molar-refractivity contribution in [2.24, 2.45) is 0 Å². The number of likely N-dealkylation sites (tertiary alicyclic amines) is 1. The Balaban J connectivity index is 1.18. The van der Waals surface area contributed by atoms with Crippen molar-refractivity contribution >= 4 is 33.5 Å². The number of piperidine rings is 1. The fourth-order valence-electron chi connectivity index (χ4n) is 5.38. The first-order chi connectivity index (χ1) is 17.6. The van der Waals surface area contributed by atoms with Crippen molar-refractivity contribution in [1.82, 2.24) is 20.1 Å². The third kappa shape index (κ3) is 4.18. The average molecular weight is 497 g/mol. The van der Waals surface area contributed by atoms with Crippen LogP contribution in [0.5, 0.6) is 0 Å². The molecule has 6 rings (SSSR count). The zero-order valence-electron chi connectivity index (χ0n) is 20.0. The maximum absolute atomic E-state index is 13.9. The number of hydrogen-bond donors (Lipinski definition) is 1. The number of para-hydroxylation sites is 1. The largest absolute Gasteiger partial charge is 0.326 e. The Morgan fingerprint density at radius 3 is 2.28 bits per heavy atom. The van der Waals surface area contributed by atoms with E-state index in [0.717, 1.165) is 42.6 Å². The maximum atomic E-state index is 13.9. The molecule has 1 N–H and O–H groups in total. The molecule has 0 bridgehead atoms. The number of imide groups is 1. The Kier molecular flexibility index (Phi) is 6.03. The highest BCUT2D eigenvalue weighted by Crippen LogP contribution is 2.36. The van der Waals surface area contributed by atoms with E-state index in [2.05, 4.69) is 28.4 Å². The SMILES string of the molecule is O=C1N[C@](Cc2ccccc2)(c2ccccc2)C(=O)N1CN1CCC(c2nc3ccccc3s2)CC1. The summed E-state index contributed by atoms with van der Waals surface area (Å²) in [4.78, 5) is 35.6. The molecule has 6 nitrogen and oxygen atoms in total. The van der Waals surface area contributed by atoms with Gasteiger partial charge in [0, 0.05) is 25.4 Å². The Morgan fingerprint density at radius 2 is 1.56 bits per heavy atom. The van der Waals surface area contributed by atoms with E-state index in [1.54, 1.807) is 11.3 Å². The van der Waals surface area contributed by atoms with Gasteiger partial charge in [-0.2, -0.15) is 0 Å². The quantitative estimate of drug-likeness (QED) is 0.376. The monoisotopic (exact) mass is 496 g/mol. The van der Waals surface area contributed by atoms with Crippen molar-refractivity contribution in [2.75, 3.05) is 19.8 Å². The number of benzene rings is 3. The van der Waals surface area contributed by atoms with Crippen LogP contribution in [0.2, 0.25) is 0 Å². The number of amides is 3. The predicted molar refractivity (Wildman–Crippen MR) is 142 cm³/mol. The van der Waals surface area contributed by atoms with Crippen molar-refractivity contribution in [2.45, 2.75) is 30.7 Å². The third-order valence-electron chi connectivity index (χ3n) is 7.34. The molecule has 1 aromatic heterocycles. The summed E-state index contributed by atoms with van der Waals surface area (Å²) in [6, 6.07) is 27.4.